The predicted molar refractivity (Wildman–Crippen MR) is 103 cm³/mol. The minimum atomic E-state index is -1.12. The molecule has 3 rings (SSSR count). The van der Waals surface area contributed by atoms with E-state index in [4.69, 9.17) is 23.2 Å². The highest BCUT2D eigenvalue weighted by molar-refractivity contribution is 6.30. The molecule has 0 spiro atoms. The maximum absolute atomic E-state index is 14.2. The molecule has 0 saturated carbocycles. The van der Waals surface area contributed by atoms with Crippen molar-refractivity contribution in [2.45, 2.75) is 12.3 Å². The zero-order valence-electron chi connectivity index (χ0n) is 14.1. The van der Waals surface area contributed by atoms with E-state index in [-0.39, 0.29) is 11.1 Å². The van der Waals surface area contributed by atoms with Gasteiger partial charge in [0.15, 0.2) is 0 Å². The Labute approximate surface area is 164 Å². The number of carbonyl (C=O) groups is 1. The summed E-state index contributed by atoms with van der Waals surface area (Å²) in [6.07, 6.45) is 4.24. The Balaban J connectivity index is 2.11. The van der Waals surface area contributed by atoms with E-state index in [1.165, 1.54) is 42.9 Å². The predicted octanol–water partition coefficient (Wildman–Crippen LogP) is 5.68. The minimum absolute atomic E-state index is 0.00188. The Bertz CT molecular complexity index is 1010. The van der Waals surface area contributed by atoms with Crippen molar-refractivity contribution < 1.29 is 14.3 Å². The van der Waals surface area contributed by atoms with Gasteiger partial charge in [-0.15, -0.1) is 11.6 Å². The first kappa shape index (κ1) is 19.1. The number of hydrogen-bond acceptors (Lipinski definition) is 4. The van der Waals surface area contributed by atoms with Gasteiger partial charge >= 0.3 is 5.97 Å². The van der Waals surface area contributed by atoms with Crippen LogP contribution < -0.4 is 5.32 Å². The summed E-state index contributed by atoms with van der Waals surface area (Å²) in [5.41, 5.74) is 2.04. The second-order valence-electron chi connectivity index (χ2n) is 5.75. The van der Waals surface area contributed by atoms with Crippen LogP contribution in [0.5, 0.6) is 0 Å². The Hall–Kier alpha value is -2.70. The quantitative estimate of drug-likeness (QED) is 0.534. The van der Waals surface area contributed by atoms with Crippen molar-refractivity contribution in [3.63, 3.8) is 0 Å². The molecule has 0 fully saturated rings. The van der Waals surface area contributed by atoms with Crippen LogP contribution in [0.15, 0.2) is 48.9 Å². The third kappa shape index (κ3) is 4.18. The lowest BCUT2D eigenvalue weighted by Crippen LogP contribution is -2.05. The monoisotopic (exact) mass is 405 g/mol. The number of nitrogens with one attached hydrogen (secondary N) is 1. The zero-order valence-corrected chi connectivity index (χ0v) is 15.6. The van der Waals surface area contributed by atoms with Crippen LogP contribution in [-0.4, -0.2) is 21.0 Å². The topological polar surface area (TPSA) is 75.1 Å². The number of aromatic carboxylic acids is 1. The lowest BCUT2D eigenvalue weighted by atomic mass is 10.1. The molecule has 0 aliphatic carbocycles. The molecule has 0 aliphatic rings. The highest BCUT2D eigenvalue weighted by Gasteiger charge is 2.16. The van der Waals surface area contributed by atoms with Gasteiger partial charge in [0, 0.05) is 40.4 Å². The number of aromatic nitrogens is 2. The molecule has 27 heavy (non-hydrogen) atoms. The third-order valence-corrected chi connectivity index (χ3v) is 4.36. The van der Waals surface area contributed by atoms with E-state index >= 15 is 0 Å². The van der Waals surface area contributed by atoms with Gasteiger partial charge in [-0.05, 0) is 37.3 Å². The number of carboxylic acids is 1. The van der Waals surface area contributed by atoms with Gasteiger partial charge in [-0.25, -0.2) is 9.18 Å². The fourth-order valence-electron chi connectivity index (χ4n) is 2.55. The molecule has 1 unspecified atom stereocenters. The summed E-state index contributed by atoms with van der Waals surface area (Å²) in [6, 6.07) is 7.32. The number of benzene rings is 1. The summed E-state index contributed by atoms with van der Waals surface area (Å²) in [5.74, 6) is -1.60. The van der Waals surface area contributed by atoms with Gasteiger partial charge in [-0.3, -0.25) is 9.97 Å². The van der Waals surface area contributed by atoms with Gasteiger partial charge in [-0.1, -0.05) is 11.6 Å². The van der Waals surface area contributed by atoms with Crippen LogP contribution in [0.25, 0.3) is 11.3 Å². The van der Waals surface area contributed by atoms with Crippen molar-refractivity contribution in [1.29, 1.82) is 0 Å². The zero-order chi connectivity index (χ0) is 19.6. The van der Waals surface area contributed by atoms with Crippen molar-refractivity contribution >= 4 is 40.5 Å². The number of rotatable bonds is 5. The fourth-order valence-corrected chi connectivity index (χ4v) is 2.90. The summed E-state index contributed by atoms with van der Waals surface area (Å²) >= 11 is 12.2. The molecule has 0 aliphatic heterocycles. The first-order valence-corrected chi connectivity index (χ1v) is 8.72. The standard InChI is InChI=1S/C19H14Cl2FN3O2/c1-10(20)13-9-24-17(12-6-11(21)2-3-15(12)22)7-18(13)25-16-4-5-23-8-14(16)19(26)27/h2-10H,1H3,(H,26,27)(H,23,24,25). The van der Waals surface area contributed by atoms with Gasteiger partial charge < -0.3 is 10.4 Å². The Morgan fingerprint density at radius 2 is 2.00 bits per heavy atom. The number of pyridine rings is 2. The summed E-state index contributed by atoms with van der Waals surface area (Å²) in [4.78, 5) is 19.5. The van der Waals surface area contributed by atoms with Crippen LogP contribution >= 0.6 is 23.2 Å². The van der Waals surface area contributed by atoms with Gasteiger partial charge in [0.1, 0.15) is 11.4 Å². The SMILES string of the molecule is CC(Cl)c1cnc(-c2cc(Cl)ccc2F)cc1Nc1ccncc1C(=O)O. The maximum Gasteiger partial charge on any atom is 0.339 e. The van der Waals surface area contributed by atoms with Crippen molar-refractivity contribution in [1.82, 2.24) is 9.97 Å². The van der Waals surface area contributed by atoms with Crippen molar-refractivity contribution in [2.75, 3.05) is 5.32 Å². The molecule has 2 aromatic heterocycles. The Morgan fingerprint density at radius 3 is 2.70 bits per heavy atom. The molecular weight excluding hydrogens is 392 g/mol. The largest absolute Gasteiger partial charge is 0.478 e. The third-order valence-electron chi connectivity index (χ3n) is 3.89. The molecule has 5 nitrogen and oxygen atoms in total. The van der Waals surface area contributed by atoms with Crippen LogP contribution in [0.4, 0.5) is 15.8 Å². The molecule has 3 aromatic rings. The van der Waals surface area contributed by atoms with E-state index in [0.29, 0.717) is 27.7 Å². The first-order chi connectivity index (χ1) is 12.9. The van der Waals surface area contributed by atoms with E-state index in [0.717, 1.165) is 0 Å². The van der Waals surface area contributed by atoms with Crippen LogP contribution in [-0.2, 0) is 0 Å². The van der Waals surface area contributed by atoms with Crippen LogP contribution in [0.1, 0.15) is 28.2 Å². The molecule has 138 valence electrons. The lowest BCUT2D eigenvalue weighted by molar-refractivity contribution is 0.0697. The minimum Gasteiger partial charge on any atom is -0.478 e. The molecule has 1 atom stereocenters. The molecule has 0 bridgehead atoms. The van der Waals surface area contributed by atoms with Crippen LogP contribution in [0.2, 0.25) is 5.02 Å². The van der Waals surface area contributed by atoms with E-state index in [1.54, 1.807) is 13.0 Å². The van der Waals surface area contributed by atoms with Crippen LogP contribution in [0.3, 0.4) is 0 Å². The highest BCUT2D eigenvalue weighted by atomic mass is 35.5. The molecule has 0 radical (unpaired) electrons. The summed E-state index contributed by atoms with van der Waals surface area (Å²) < 4.78 is 14.2. The highest BCUT2D eigenvalue weighted by Crippen LogP contribution is 2.34. The Kier molecular flexibility index (Phi) is 5.58. The van der Waals surface area contributed by atoms with E-state index in [1.807, 2.05) is 0 Å². The number of carboxylic acid groups (broad SMARTS) is 1. The van der Waals surface area contributed by atoms with E-state index in [2.05, 4.69) is 15.3 Å². The first-order valence-electron chi connectivity index (χ1n) is 7.90. The second-order valence-corrected chi connectivity index (χ2v) is 6.84. The number of hydrogen-bond donors (Lipinski definition) is 2. The van der Waals surface area contributed by atoms with Gasteiger partial charge in [0.2, 0.25) is 0 Å². The molecule has 1 aromatic carbocycles. The van der Waals surface area contributed by atoms with E-state index in [9.17, 15) is 14.3 Å². The fraction of sp³-hybridized carbons (Fsp3) is 0.105. The van der Waals surface area contributed by atoms with Gasteiger partial charge in [0.05, 0.1) is 16.8 Å². The molecule has 0 saturated heterocycles. The molecule has 2 heterocycles. The smallest absolute Gasteiger partial charge is 0.339 e. The number of anilines is 2. The van der Waals surface area contributed by atoms with Crippen molar-refractivity contribution in [3.05, 3.63) is 70.9 Å². The number of nitrogens with zero attached hydrogens (tertiary/aromatic N) is 2. The summed E-state index contributed by atoms with van der Waals surface area (Å²) in [6.45, 7) is 1.76. The Morgan fingerprint density at radius 1 is 1.22 bits per heavy atom. The molecule has 0 amide bonds. The van der Waals surface area contributed by atoms with Crippen LogP contribution in [0, 0.1) is 5.82 Å². The van der Waals surface area contributed by atoms with E-state index < -0.39 is 17.2 Å². The van der Waals surface area contributed by atoms with Gasteiger partial charge in [0.25, 0.3) is 0 Å². The average Bonchev–Trinajstić information content (AvgIpc) is 2.63. The molecular formula is C19H14Cl2FN3O2. The summed E-state index contributed by atoms with van der Waals surface area (Å²) in [5, 5.41) is 12.4. The average molecular weight is 406 g/mol. The van der Waals surface area contributed by atoms with Crippen molar-refractivity contribution in [2.24, 2.45) is 0 Å². The second kappa shape index (κ2) is 7.90. The maximum atomic E-state index is 14.2. The molecule has 2 N–H and O–H groups in total. The normalized spacial score (nSPS) is 11.9. The molecule has 8 heteroatoms. The van der Waals surface area contributed by atoms with Crippen molar-refractivity contribution in [3.8, 4) is 11.3 Å². The lowest BCUT2D eigenvalue weighted by Gasteiger charge is -2.16. The number of halogens is 3. The number of alkyl halides is 1. The summed E-state index contributed by atoms with van der Waals surface area (Å²) in [7, 11) is 0. The van der Waals surface area contributed by atoms with Gasteiger partial charge in [-0.2, -0.15) is 0 Å².